The van der Waals surface area contributed by atoms with E-state index in [1.807, 2.05) is 0 Å². The van der Waals surface area contributed by atoms with E-state index in [4.69, 9.17) is 14.6 Å². The van der Waals surface area contributed by atoms with Gasteiger partial charge in [0.2, 0.25) is 6.29 Å². The summed E-state index contributed by atoms with van der Waals surface area (Å²) in [4.78, 5) is 14.3. The molecule has 1 aromatic heterocycles. The van der Waals surface area contributed by atoms with Crippen molar-refractivity contribution in [3.63, 3.8) is 0 Å². The average molecular weight is 273 g/mol. The van der Waals surface area contributed by atoms with E-state index in [-0.39, 0.29) is 5.69 Å². The van der Waals surface area contributed by atoms with E-state index < -0.39 is 43.3 Å². The van der Waals surface area contributed by atoms with Crippen LogP contribution < -0.4 is 0 Å². The number of aromatic nitrogens is 1. The van der Waals surface area contributed by atoms with Crippen LogP contribution >= 0.6 is 0 Å². The summed E-state index contributed by atoms with van der Waals surface area (Å²) in [6, 6.07) is 3.05. The molecule has 5 atom stereocenters. The van der Waals surface area contributed by atoms with Crippen molar-refractivity contribution in [2.45, 2.75) is 30.7 Å². The zero-order valence-corrected chi connectivity index (χ0v) is 9.84. The molecule has 5 N–H and O–H groups in total. The summed E-state index contributed by atoms with van der Waals surface area (Å²) in [5.41, 5.74) is 0.150. The van der Waals surface area contributed by atoms with Crippen molar-refractivity contribution < 1.29 is 34.7 Å². The Morgan fingerprint density at radius 2 is 2.05 bits per heavy atom. The molecule has 106 valence electrons. The largest absolute Gasteiger partial charge is 0.428 e. The smallest absolute Gasteiger partial charge is 0.357 e. The zero-order valence-electron chi connectivity index (χ0n) is 9.84. The summed E-state index contributed by atoms with van der Waals surface area (Å²) < 4.78 is 9.91. The van der Waals surface area contributed by atoms with Crippen LogP contribution in [0.4, 0.5) is 0 Å². The standard InChI is InChI=1S/C11H15NO7/c13-4-6-7(14)8(15)9(16)11(18-6)19-10(17)5-2-1-3-12-5/h1-3,6-9,11-16H,4H2/t6-,7-,8+,9-,11+/m1/s1. The second kappa shape index (κ2) is 5.68. The van der Waals surface area contributed by atoms with Gasteiger partial charge in [0.1, 0.15) is 30.1 Å². The fourth-order valence-corrected chi connectivity index (χ4v) is 1.79. The Balaban J connectivity index is 2.05. The first-order chi connectivity index (χ1) is 9.04. The Hall–Kier alpha value is -1.45. The maximum absolute atomic E-state index is 11.7. The van der Waals surface area contributed by atoms with Crippen molar-refractivity contribution in [2.24, 2.45) is 0 Å². The van der Waals surface area contributed by atoms with E-state index in [1.165, 1.54) is 12.3 Å². The van der Waals surface area contributed by atoms with Crippen LogP contribution in [0.15, 0.2) is 18.3 Å². The van der Waals surface area contributed by atoms with Crippen LogP contribution in [0, 0.1) is 0 Å². The van der Waals surface area contributed by atoms with Crippen molar-refractivity contribution in [3.05, 3.63) is 24.0 Å². The number of ether oxygens (including phenoxy) is 2. The van der Waals surface area contributed by atoms with Gasteiger partial charge in [0.25, 0.3) is 0 Å². The lowest BCUT2D eigenvalue weighted by Gasteiger charge is -2.39. The number of hydrogen-bond donors (Lipinski definition) is 5. The number of esters is 1. The Morgan fingerprint density at radius 1 is 1.32 bits per heavy atom. The molecule has 1 aliphatic rings. The van der Waals surface area contributed by atoms with E-state index in [0.717, 1.165) is 0 Å². The van der Waals surface area contributed by atoms with Gasteiger partial charge in [-0.25, -0.2) is 4.79 Å². The third-order valence-electron chi connectivity index (χ3n) is 2.89. The first kappa shape index (κ1) is 14.0. The Labute approximate surface area is 108 Å². The minimum Gasteiger partial charge on any atom is -0.428 e. The molecule has 0 unspecified atom stereocenters. The van der Waals surface area contributed by atoms with Gasteiger partial charge in [-0.1, -0.05) is 0 Å². The number of carbonyl (C=O) groups excluding carboxylic acids is 1. The molecule has 8 heteroatoms. The Bertz CT molecular complexity index is 419. The van der Waals surface area contributed by atoms with Gasteiger partial charge >= 0.3 is 5.97 Å². The second-order valence-electron chi connectivity index (χ2n) is 4.19. The molecule has 1 aliphatic heterocycles. The first-order valence-electron chi connectivity index (χ1n) is 5.69. The van der Waals surface area contributed by atoms with Crippen LogP contribution in [-0.2, 0) is 9.47 Å². The number of H-pyrrole nitrogens is 1. The molecule has 0 spiro atoms. The molecule has 1 aromatic rings. The van der Waals surface area contributed by atoms with Gasteiger partial charge in [0.15, 0.2) is 0 Å². The third-order valence-corrected chi connectivity index (χ3v) is 2.89. The quantitative estimate of drug-likeness (QED) is 0.401. The van der Waals surface area contributed by atoms with E-state index in [0.29, 0.717) is 0 Å². The number of aromatic amines is 1. The van der Waals surface area contributed by atoms with Crippen LogP contribution in [0.2, 0.25) is 0 Å². The molecular formula is C11H15NO7. The molecule has 2 rings (SSSR count). The molecular weight excluding hydrogens is 258 g/mol. The van der Waals surface area contributed by atoms with E-state index in [1.54, 1.807) is 6.07 Å². The summed E-state index contributed by atoms with van der Waals surface area (Å²) in [6.45, 7) is -0.582. The minimum absolute atomic E-state index is 0.150. The zero-order chi connectivity index (χ0) is 14.0. The highest BCUT2D eigenvalue weighted by Crippen LogP contribution is 2.22. The minimum atomic E-state index is -1.60. The summed E-state index contributed by atoms with van der Waals surface area (Å²) in [5, 5.41) is 37.7. The molecule has 1 fully saturated rings. The number of aliphatic hydroxyl groups excluding tert-OH is 4. The molecule has 1 saturated heterocycles. The predicted octanol–water partition coefficient (Wildman–Crippen LogP) is -2.03. The van der Waals surface area contributed by atoms with Crippen LogP contribution in [-0.4, -0.2) is 68.7 Å². The third kappa shape index (κ3) is 2.77. The fourth-order valence-electron chi connectivity index (χ4n) is 1.79. The van der Waals surface area contributed by atoms with Gasteiger partial charge in [0.05, 0.1) is 6.61 Å². The lowest BCUT2D eigenvalue weighted by molar-refractivity contribution is -0.285. The number of rotatable bonds is 3. The van der Waals surface area contributed by atoms with Crippen LogP contribution in [0.3, 0.4) is 0 Å². The number of nitrogens with one attached hydrogen (secondary N) is 1. The fraction of sp³-hybridized carbons (Fsp3) is 0.545. The van der Waals surface area contributed by atoms with E-state index in [2.05, 4.69) is 4.98 Å². The first-order valence-corrected chi connectivity index (χ1v) is 5.69. The maximum Gasteiger partial charge on any atom is 0.357 e. The summed E-state index contributed by atoms with van der Waals surface area (Å²) >= 11 is 0. The van der Waals surface area contributed by atoms with Crippen molar-refractivity contribution in [3.8, 4) is 0 Å². The van der Waals surface area contributed by atoms with Crippen molar-refractivity contribution >= 4 is 5.97 Å². The van der Waals surface area contributed by atoms with Gasteiger partial charge in [-0.3, -0.25) is 0 Å². The van der Waals surface area contributed by atoms with Crippen molar-refractivity contribution in [1.29, 1.82) is 0 Å². The number of aliphatic hydroxyl groups is 4. The van der Waals surface area contributed by atoms with Gasteiger partial charge in [-0.15, -0.1) is 0 Å². The van der Waals surface area contributed by atoms with Gasteiger partial charge in [-0.05, 0) is 12.1 Å². The molecule has 2 heterocycles. The Kier molecular flexibility index (Phi) is 4.17. The topological polar surface area (TPSA) is 132 Å². The highest BCUT2D eigenvalue weighted by molar-refractivity contribution is 5.87. The van der Waals surface area contributed by atoms with Gasteiger partial charge in [-0.2, -0.15) is 0 Å². The van der Waals surface area contributed by atoms with Gasteiger partial charge in [0, 0.05) is 6.20 Å². The maximum atomic E-state index is 11.7. The summed E-state index contributed by atoms with van der Waals surface area (Å²) in [5.74, 6) is -0.783. The normalized spacial score (nSPS) is 35.1. The molecule has 19 heavy (non-hydrogen) atoms. The molecule has 0 radical (unpaired) electrons. The summed E-state index contributed by atoms with van der Waals surface area (Å²) in [7, 11) is 0. The van der Waals surface area contributed by atoms with E-state index >= 15 is 0 Å². The molecule has 0 aromatic carbocycles. The molecule has 0 bridgehead atoms. The molecule has 8 nitrogen and oxygen atoms in total. The monoisotopic (exact) mass is 273 g/mol. The molecule has 0 saturated carbocycles. The lowest BCUT2D eigenvalue weighted by atomic mass is 9.99. The highest BCUT2D eigenvalue weighted by atomic mass is 16.7. The Morgan fingerprint density at radius 3 is 2.63 bits per heavy atom. The SMILES string of the molecule is O=C(O[C@@H]1O[C@H](CO)[C@@H](O)[C@H](O)[C@H]1O)c1ccc[nH]1. The molecule has 0 amide bonds. The van der Waals surface area contributed by atoms with Crippen LogP contribution in [0.5, 0.6) is 0 Å². The predicted molar refractivity (Wildman–Crippen MR) is 60.0 cm³/mol. The van der Waals surface area contributed by atoms with Crippen molar-refractivity contribution in [1.82, 2.24) is 4.98 Å². The number of hydrogen-bond acceptors (Lipinski definition) is 7. The summed E-state index contributed by atoms with van der Waals surface area (Å²) in [6.07, 6.45) is -5.72. The average Bonchev–Trinajstić information content (AvgIpc) is 2.93. The second-order valence-corrected chi connectivity index (χ2v) is 4.19. The van der Waals surface area contributed by atoms with Gasteiger partial charge < -0.3 is 34.9 Å². The van der Waals surface area contributed by atoms with Crippen LogP contribution in [0.25, 0.3) is 0 Å². The lowest BCUT2D eigenvalue weighted by Crippen LogP contribution is -2.59. The molecule has 0 aliphatic carbocycles. The highest BCUT2D eigenvalue weighted by Gasteiger charge is 2.45. The van der Waals surface area contributed by atoms with Crippen LogP contribution in [0.1, 0.15) is 10.5 Å². The number of carbonyl (C=O) groups is 1. The van der Waals surface area contributed by atoms with Crippen molar-refractivity contribution in [2.75, 3.05) is 6.61 Å². The van der Waals surface area contributed by atoms with E-state index in [9.17, 15) is 20.1 Å².